The van der Waals surface area contributed by atoms with Crippen LogP contribution >= 0.6 is 11.8 Å². The summed E-state index contributed by atoms with van der Waals surface area (Å²) in [6.07, 6.45) is 3.18. The molecular formula is C21H21N3OS. The molecule has 4 nitrogen and oxygen atoms in total. The lowest BCUT2D eigenvalue weighted by Gasteiger charge is -2.08. The number of hydrogen-bond acceptors (Lipinski definition) is 4. The number of amides is 1. The van der Waals surface area contributed by atoms with E-state index in [0.29, 0.717) is 18.2 Å². The van der Waals surface area contributed by atoms with Crippen molar-refractivity contribution >= 4 is 28.6 Å². The molecular weight excluding hydrogens is 342 g/mol. The van der Waals surface area contributed by atoms with Gasteiger partial charge < -0.3 is 5.32 Å². The van der Waals surface area contributed by atoms with Crippen LogP contribution in [0.4, 0.5) is 0 Å². The number of aromatic nitrogens is 2. The summed E-state index contributed by atoms with van der Waals surface area (Å²) < 4.78 is 0. The highest BCUT2D eigenvalue weighted by molar-refractivity contribution is 8.00. The Hall–Kier alpha value is -2.40. The highest BCUT2D eigenvalue weighted by Gasteiger charge is 2.27. The average molecular weight is 363 g/mol. The number of carbonyl (C=O) groups is 1. The minimum Gasteiger partial charge on any atom is -0.355 e. The molecule has 1 aliphatic carbocycles. The number of fused-ring (bicyclic) bond motifs is 1. The predicted octanol–water partition coefficient (Wildman–Crippen LogP) is 3.96. The van der Waals surface area contributed by atoms with Crippen molar-refractivity contribution in [1.29, 1.82) is 0 Å². The Kier molecular flexibility index (Phi) is 5.16. The Morgan fingerprint density at radius 2 is 1.81 bits per heavy atom. The number of rotatable bonds is 7. The monoisotopic (exact) mass is 363 g/mol. The topological polar surface area (TPSA) is 54.9 Å². The second-order valence-electron chi connectivity index (χ2n) is 6.55. The molecule has 1 fully saturated rings. The molecule has 0 aliphatic heterocycles. The van der Waals surface area contributed by atoms with Crippen molar-refractivity contribution in [2.45, 2.75) is 30.2 Å². The second kappa shape index (κ2) is 7.87. The van der Waals surface area contributed by atoms with Gasteiger partial charge in [0, 0.05) is 17.8 Å². The first-order valence-electron chi connectivity index (χ1n) is 9.00. The van der Waals surface area contributed by atoms with Gasteiger partial charge in [0.2, 0.25) is 5.91 Å². The fourth-order valence-corrected chi connectivity index (χ4v) is 3.73. The largest absolute Gasteiger partial charge is 0.355 e. The number of thioether (sulfide) groups is 1. The van der Waals surface area contributed by atoms with Gasteiger partial charge in [-0.2, -0.15) is 0 Å². The summed E-state index contributed by atoms with van der Waals surface area (Å²) >= 11 is 1.50. The van der Waals surface area contributed by atoms with Crippen LogP contribution in [-0.4, -0.2) is 28.2 Å². The molecule has 1 aromatic heterocycles. The van der Waals surface area contributed by atoms with Crippen molar-refractivity contribution in [3.63, 3.8) is 0 Å². The highest BCUT2D eigenvalue weighted by atomic mass is 32.2. The quantitative estimate of drug-likeness (QED) is 0.510. The molecule has 0 spiro atoms. The van der Waals surface area contributed by atoms with Gasteiger partial charge >= 0.3 is 0 Å². The molecule has 2 aromatic carbocycles. The number of carbonyl (C=O) groups excluding carboxylic acids is 1. The molecule has 26 heavy (non-hydrogen) atoms. The van der Waals surface area contributed by atoms with Crippen LogP contribution in [0.25, 0.3) is 10.9 Å². The SMILES string of the molecule is O=C(CSc1nc(C2CC2)nc2ccccc12)NCCc1ccccc1. The maximum atomic E-state index is 12.2. The van der Waals surface area contributed by atoms with E-state index < -0.39 is 0 Å². The van der Waals surface area contributed by atoms with Crippen LogP contribution in [0.5, 0.6) is 0 Å². The molecule has 0 saturated heterocycles. The first-order valence-corrected chi connectivity index (χ1v) is 9.98. The Morgan fingerprint density at radius 3 is 2.62 bits per heavy atom. The smallest absolute Gasteiger partial charge is 0.230 e. The summed E-state index contributed by atoms with van der Waals surface area (Å²) in [6.45, 7) is 0.654. The fourth-order valence-electron chi connectivity index (χ4n) is 2.87. The van der Waals surface area contributed by atoms with E-state index in [2.05, 4.69) is 22.4 Å². The number of para-hydroxylation sites is 1. The fraction of sp³-hybridized carbons (Fsp3) is 0.286. The van der Waals surface area contributed by atoms with Crippen LogP contribution in [0.3, 0.4) is 0 Å². The van der Waals surface area contributed by atoms with Crippen molar-refractivity contribution in [2.24, 2.45) is 0 Å². The Balaban J connectivity index is 1.37. The van der Waals surface area contributed by atoms with Crippen molar-refractivity contribution in [3.05, 3.63) is 66.0 Å². The summed E-state index contributed by atoms with van der Waals surface area (Å²) in [6, 6.07) is 18.2. The first kappa shape index (κ1) is 17.0. The molecule has 0 unspecified atom stereocenters. The highest BCUT2D eigenvalue weighted by Crippen LogP contribution is 2.39. The zero-order valence-electron chi connectivity index (χ0n) is 14.5. The van der Waals surface area contributed by atoms with Gasteiger partial charge in [0.05, 0.1) is 11.3 Å². The lowest BCUT2D eigenvalue weighted by atomic mass is 10.1. The molecule has 1 heterocycles. The van der Waals surface area contributed by atoms with E-state index in [1.54, 1.807) is 0 Å². The molecule has 1 aliphatic rings. The minimum absolute atomic E-state index is 0.0431. The summed E-state index contributed by atoms with van der Waals surface area (Å²) in [5, 5.41) is 4.94. The van der Waals surface area contributed by atoms with E-state index in [-0.39, 0.29) is 5.91 Å². The van der Waals surface area contributed by atoms with Crippen molar-refractivity contribution in [3.8, 4) is 0 Å². The van der Waals surface area contributed by atoms with Gasteiger partial charge in [-0.3, -0.25) is 4.79 Å². The maximum absolute atomic E-state index is 12.2. The molecule has 132 valence electrons. The van der Waals surface area contributed by atoms with Crippen molar-refractivity contribution in [2.75, 3.05) is 12.3 Å². The predicted molar refractivity (Wildman–Crippen MR) is 105 cm³/mol. The Bertz CT molecular complexity index is 910. The number of nitrogens with zero attached hydrogens (tertiary/aromatic N) is 2. The van der Waals surface area contributed by atoms with E-state index in [1.165, 1.54) is 30.2 Å². The molecule has 1 amide bonds. The summed E-state index contributed by atoms with van der Waals surface area (Å²) in [5.74, 6) is 1.84. The molecule has 0 bridgehead atoms. The summed E-state index contributed by atoms with van der Waals surface area (Å²) in [5.41, 5.74) is 2.20. The van der Waals surface area contributed by atoms with E-state index in [1.807, 2.05) is 42.5 Å². The van der Waals surface area contributed by atoms with Crippen LogP contribution in [0, 0.1) is 0 Å². The lowest BCUT2D eigenvalue weighted by molar-refractivity contribution is -0.118. The van der Waals surface area contributed by atoms with E-state index in [9.17, 15) is 4.79 Å². The summed E-state index contributed by atoms with van der Waals surface area (Å²) in [7, 11) is 0. The Labute approximate surface area is 157 Å². The van der Waals surface area contributed by atoms with Crippen LogP contribution in [0.2, 0.25) is 0 Å². The van der Waals surface area contributed by atoms with E-state index in [0.717, 1.165) is 28.2 Å². The van der Waals surface area contributed by atoms with Gasteiger partial charge in [-0.05, 0) is 30.9 Å². The van der Waals surface area contributed by atoms with Gasteiger partial charge in [0.25, 0.3) is 0 Å². The molecule has 4 rings (SSSR count). The van der Waals surface area contributed by atoms with Gasteiger partial charge in [-0.15, -0.1) is 0 Å². The third kappa shape index (κ3) is 4.22. The Morgan fingerprint density at radius 1 is 1.04 bits per heavy atom. The van der Waals surface area contributed by atoms with Crippen LogP contribution in [-0.2, 0) is 11.2 Å². The van der Waals surface area contributed by atoms with Gasteiger partial charge in [-0.25, -0.2) is 9.97 Å². The standard InChI is InChI=1S/C21H21N3OS/c25-19(22-13-12-15-6-2-1-3-7-15)14-26-21-17-8-4-5-9-18(17)23-20(24-21)16-10-11-16/h1-9,16H,10-14H2,(H,22,25). The number of hydrogen-bond donors (Lipinski definition) is 1. The van der Waals surface area contributed by atoms with Gasteiger partial charge in [0.1, 0.15) is 10.9 Å². The van der Waals surface area contributed by atoms with Crippen LogP contribution in [0.1, 0.15) is 30.1 Å². The zero-order valence-corrected chi connectivity index (χ0v) is 15.3. The first-order chi connectivity index (χ1) is 12.8. The molecule has 0 radical (unpaired) electrons. The van der Waals surface area contributed by atoms with Crippen LogP contribution < -0.4 is 5.32 Å². The number of nitrogens with one attached hydrogen (secondary N) is 1. The minimum atomic E-state index is 0.0431. The van der Waals surface area contributed by atoms with Gasteiger partial charge in [-0.1, -0.05) is 60.3 Å². The molecule has 0 atom stereocenters. The molecule has 1 saturated carbocycles. The normalized spacial score (nSPS) is 13.7. The molecule has 1 N–H and O–H groups in total. The molecule has 5 heteroatoms. The van der Waals surface area contributed by atoms with E-state index in [4.69, 9.17) is 4.98 Å². The van der Waals surface area contributed by atoms with Crippen LogP contribution in [0.15, 0.2) is 59.6 Å². The third-order valence-electron chi connectivity index (χ3n) is 4.45. The van der Waals surface area contributed by atoms with Crippen molar-refractivity contribution < 1.29 is 4.79 Å². The summed E-state index contributed by atoms with van der Waals surface area (Å²) in [4.78, 5) is 21.6. The maximum Gasteiger partial charge on any atom is 0.230 e. The van der Waals surface area contributed by atoms with E-state index >= 15 is 0 Å². The molecule has 3 aromatic rings. The number of benzene rings is 2. The van der Waals surface area contributed by atoms with Crippen molar-refractivity contribution in [1.82, 2.24) is 15.3 Å². The second-order valence-corrected chi connectivity index (χ2v) is 7.52. The van der Waals surface area contributed by atoms with Gasteiger partial charge in [0.15, 0.2) is 0 Å². The third-order valence-corrected chi connectivity index (χ3v) is 5.44. The lowest BCUT2D eigenvalue weighted by Crippen LogP contribution is -2.27. The average Bonchev–Trinajstić information content (AvgIpc) is 3.52. The zero-order chi connectivity index (χ0) is 17.8.